The van der Waals surface area contributed by atoms with E-state index in [4.69, 9.17) is 18.9 Å². The fourth-order valence-electron chi connectivity index (χ4n) is 14.6. The molecule has 1 saturated heterocycles. The van der Waals surface area contributed by atoms with Crippen LogP contribution < -0.4 is 24.4 Å². The summed E-state index contributed by atoms with van der Waals surface area (Å²) in [6.45, 7) is 8.17. The van der Waals surface area contributed by atoms with Crippen molar-refractivity contribution in [3.8, 4) is 50.6 Å². The third kappa shape index (κ3) is 9.99. The molecular weight excluding hydrogens is 1090 g/mol. The molecule has 1 N–H and O–H groups in total. The Morgan fingerprint density at radius 3 is 1.99 bits per heavy atom. The number of morpholine rings is 1. The molecule has 0 bridgehead atoms. The maximum atomic E-state index is 15.4. The summed E-state index contributed by atoms with van der Waals surface area (Å²) in [5.41, 5.74) is 3.08. The van der Waals surface area contributed by atoms with E-state index >= 15 is 13.2 Å². The molecule has 3 fully saturated rings. The topological polar surface area (TPSA) is 69.3 Å². The average molecular weight is 1150 g/mol. The minimum Gasteiger partial charge on any atom is -0.497 e. The fraction of sp³-hybridized carbons (Fsp3) is 0.319. The van der Waals surface area contributed by atoms with Crippen molar-refractivity contribution in [1.82, 2.24) is 0 Å². The molecule has 2 saturated carbocycles. The molecule has 436 valence electrons. The van der Waals surface area contributed by atoms with Crippen LogP contribution in [-0.2, 0) is 28.1 Å². The van der Waals surface area contributed by atoms with Gasteiger partial charge in [0.1, 0.15) is 17.2 Å². The zero-order valence-electron chi connectivity index (χ0n) is 48.1. The Morgan fingerprint density at radius 1 is 0.694 bits per heavy atom. The van der Waals surface area contributed by atoms with Gasteiger partial charge in [-0.3, -0.25) is 4.79 Å². The Hall–Kier alpha value is -8.03. The normalized spacial score (nSPS) is 21.1. The second-order valence-corrected chi connectivity index (χ2v) is 24.1. The van der Waals surface area contributed by atoms with Gasteiger partial charge in [0, 0.05) is 63.1 Å². The summed E-state index contributed by atoms with van der Waals surface area (Å²) in [5, 5.41) is 3.78. The summed E-state index contributed by atoms with van der Waals surface area (Å²) >= 11 is 0. The summed E-state index contributed by atoms with van der Waals surface area (Å²) in [6.07, 6.45) is 1.35. The maximum Gasteiger partial charge on any atom is 0.416 e. The quantitative estimate of drug-likeness (QED) is 0.116. The number of ether oxygens (including phenoxy) is 4. The zero-order chi connectivity index (χ0) is 59.2. The molecule has 7 nitrogen and oxygen atoms in total. The van der Waals surface area contributed by atoms with E-state index < -0.39 is 34.5 Å². The molecule has 85 heavy (non-hydrogen) atoms. The molecule has 5 atom stereocenters. The van der Waals surface area contributed by atoms with E-state index in [0.29, 0.717) is 86.2 Å². The minimum atomic E-state index is -5.14. The fourth-order valence-corrected chi connectivity index (χ4v) is 14.6. The number of benzene rings is 8. The predicted octanol–water partition coefficient (Wildman–Crippen LogP) is 18.3. The van der Waals surface area contributed by atoms with Gasteiger partial charge in [-0.1, -0.05) is 112 Å². The van der Waals surface area contributed by atoms with Gasteiger partial charge >= 0.3 is 12.4 Å². The van der Waals surface area contributed by atoms with Crippen molar-refractivity contribution < 1.29 is 50.1 Å². The van der Waals surface area contributed by atoms with Gasteiger partial charge in [0.2, 0.25) is 0 Å². The second-order valence-electron chi connectivity index (χ2n) is 24.1. The largest absolute Gasteiger partial charge is 0.497 e. The molecule has 3 aliphatic carbocycles. The first kappa shape index (κ1) is 56.1. The third-order valence-electron chi connectivity index (χ3n) is 19.0. The number of rotatable bonds is 13. The number of amides is 1. The summed E-state index contributed by atoms with van der Waals surface area (Å²) in [6, 6.07) is 43.6. The first-order valence-corrected chi connectivity index (χ1v) is 29.5. The van der Waals surface area contributed by atoms with Crippen LogP contribution in [0.2, 0.25) is 0 Å². The van der Waals surface area contributed by atoms with Crippen LogP contribution in [-0.4, -0.2) is 46.4 Å². The smallest absolute Gasteiger partial charge is 0.416 e. The molecule has 13 heteroatoms. The number of unbranched alkanes of at least 4 members (excludes halogenated alkanes) is 1. The molecule has 0 aromatic heterocycles. The third-order valence-corrected chi connectivity index (χ3v) is 19.0. The standard InChI is InChI=1S/C72H66F6N2O5/c1-6-7-8-54-55-30-19-47(37-58(54)55)44-11-9-42(10-12-44)43-13-15-46(16-14-43)68(81)79-51-24-17-45(18-25-51)57-40-59-60(41-63(57)83-5)67-56(66-64(59)61-38-50(71(73,74)75)39-62(72(76,77)78)65(61)69(66,2)3)31-32-70(85-67,49-22-28-53(82-4)29-23-49)48-20-26-52(27-21-48)80-33-35-84-36-34-80/h9-18,20-29,31-32,38-41,47,54-55,58H,6-8,19,30,33-37H2,1-5H3,(H,79,81). The number of nitrogens with zero attached hydrogens (tertiary/aromatic N) is 1. The van der Waals surface area contributed by atoms with Gasteiger partial charge in [-0.15, -0.1) is 0 Å². The summed E-state index contributed by atoms with van der Waals surface area (Å²) < 4.78 is 116. The lowest BCUT2D eigenvalue weighted by molar-refractivity contribution is -0.143. The molecule has 5 unspecified atom stereocenters. The molecule has 0 radical (unpaired) electrons. The molecular formula is C72H66F6N2O5. The average Bonchev–Trinajstić information content (AvgIpc) is 1.67. The van der Waals surface area contributed by atoms with Crippen LogP contribution in [0.1, 0.15) is 120 Å². The Kier molecular flexibility index (Phi) is 14.2. The molecule has 0 spiro atoms. The predicted molar refractivity (Wildman–Crippen MR) is 323 cm³/mol. The lowest BCUT2D eigenvalue weighted by Gasteiger charge is -2.39. The SMILES string of the molecule is CCCCC1C2CCC(c3ccc(-c4ccc(C(=O)Nc5ccc(-c6cc7c8c(c9c(c7cc6OC)OC(c6ccc(OC)cc6)(c6ccc(N7CCOCC7)cc6)C=C9)C(C)(C)c6c-8cc(C(F)(F)F)cc6C(F)(F)F)cc5)cc4)cc3)CC12. The number of alkyl halides is 6. The molecule has 13 rings (SSSR count). The molecule has 8 aromatic carbocycles. The highest BCUT2D eigenvalue weighted by Crippen LogP contribution is 2.63. The first-order chi connectivity index (χ1) is 40.9. The van der Waals surface area contributed by atoms with Gasteiger partial charge in [0.15, 0.2) is 5.60 Å². The molecule has 2 heterocycles. The van der Waals surface area contributed by atoms with Crippen molar-refractivity contribution in [2.45, 2.75) is 88.6 Å². The number of nitrogens with one attached hydrogen (secondary N) is 1. The van der Waals surface area contributed by atoms with Crippen LogP contribution in [0.5, 0.6) is 17.2 Å². The number of carbonyl (C=O) groups excluding carboxylic acids is 1. The molecule has 5 aliphatic rings. The van der Waals surface area contributed by atoms with Gasteiger partial charge in [-0.25, -0.2) is 0 Å². The van der Waals surface area contributed by atoms with E-state index in [2.05, 4.69) is 41.4 Å². The zero-order valence-corrected chi connectivity index (χ0v) is 48.1. The van der Waals surface area contributed by atoms with E-state index in [1.807, 2.05) is 84.9 Å². The van der Waals surface area contributed by atoms with Crippen LogP contribution in [0, 0.1) is 17.8 Å². The Bertz CT molecular complexity index is 3890. The van der Waals surface area contributed by atoms with E-state index in [1.165, 1.54) is 51.2 Å². The highest BCUT2D eigenvalue weighted by Gasteiger charge is 2.53. The van der Waals surface area contributed by atoms with Gasteiger partial charge < -0.3 is 29.2 Å². The lowest BCUT2D eigenvalue weighted by atomic mass is 9.75. The lowest BCUT2D eigenvalue weighted by Crippen LogP contribution is -2.37. The summed E-state index contributed by atoms with van der Waals surface area (Å²) in [5.74, 6) is 4.35. The van der Waals surface area contributed by atoms with Crippen molar-refractivity contribution >= 4 is 34.1 Å². The Balaban J connectivity index is 0.861. The van der Waals surface area contributed by atoms with Gasteiger partial charge in [0.05, 0.1) is 38.6 Å². The van der Waals surface area contributed by atoms with Crippen molar-refractivity contribution in [3.05, 3.63) is 202 Å². The van der Waals surface area contributed by atoms with Crippen LogP contribution in [0.25, 0.3) is 50.2 Å². The molecule has 1 amide bonds. The number of anilines is 2. The van der Waals surface area contributed by atoms with Crippen molar-refractivity contribution in [3.63, 3.8) is 0 Å². The van der Waals surface area contributed by atoms with Crippen molar-refractivity contribution in [2.75, 3.05) is 50.7 Å². The van der Waals surface area contributed by atoms with Gasteiger partial charge in [-0.05, 0) is 178 Å². The van der Waals surface area contributed by atoms with Gasteiger partial charge in [0.25, 0.3) is 5.91 Å². The number of halogens is 6. The molecule has 2 aliphatic heterocycles. The maximum absolute atomic E-state index is 15.4. The number of fused-ring (bicyclic) bond motifs is 9. The highest BCUT2D eigenvalue weighted by molar-refractivity contribution is 6.11. The van der Waals surface area contributed by atoms with Crippen LogP contribution in [0.15, 0.2) is 152 Å². The van der Waals surface area contributed by atoms with E-state index in [9.17, 15) is 18.0 Å². The highest BCUT2D eigenvalue weighted by atomic mass is 19.4. The number of carbonyl (C=O) groups is 1. The Labute approximate surface area is 491 Å². The van der Waals surface area contributed by atoms with Crippen LogP contribution in [0.4, 0.5) is 37.7 Å². The van der Waals surface area contributed by atoms with Gasteiger partial charge in [-0.2, -0.15) is 26.3 Å². The number of methoxy groups -OCH3 is 2. The minimum absolute atomic E-state index is 0.171. The van der Waals surface area contributed by atoms with Crippen molar-refractivity contribution in [2.24, 2.45) is 17.8 Å². The number of hydrogen-bond acceptors (Lipinski definition) is 6. The van der Waals surface area contributed by atoms with E-state index in [-0.39, 0.29) is 28.7 Å². The van der Waals surface area contributed by atoms with Crippen molar-refractivity contribution in [1.29, 1.82) is 0 Å². The van der Waals surface area contributed by atoms with Crippen LogP contribution in [0.3, 0.4) is 0 Å². The second kappa shape index (κ2) is 21.5. The first-order valence-electron chi connectivity index (χ1n) is 29.5. The molecule has 8 aromatic rings. The number of hydrogen-bond donors (Lipinski definition) is 1. The van der Waals surface area contributed by atoms with E-state index in [1.54, 1.807) is 57.4 Å². The summed E-state index contributed by atoms with van der Waals surface area (Å²) in [4.78, 5) is 16.0. The monoisotopic (exact) mass is 1150 g/mol. The van der Waals surface area contributed by atoms with Crippen LogP contribution >= 0.6 is 0 Å². The Morgan fingerprint density at radius 2 is 1.35 bits per heavy atom. The summed E-state index contributed by atoms with van der Waals surface area (Å²) in [7, 11) is 3.08. The van der Waals surface area contributed by atoms with E-state index in [0.717, 1.165) is 59.3 Å².